The van der Waals surface area contributed by atoms with Crippen LogP contribution < -0.4 is 16.0 Å². The van der Waals surface area contributed by atoms with Crippen molar-refractivity contribution in [3.63, 3.8) is 0 Å². The Balaban J connectivity index is 1.55. The maximum absolute atomic E-state index is 13.5. The van der Waals surface area contributed by atoms with E-state index in [1.807, 2.05) is 19.1 Å². The Morgan fingerprint density at radius 3 is 2.56 bits per heavy atom. The van der Waals surface area contributed by atoms with E-state index in [0.29, 0.717) is 23.9 Å². The Morgan fingerprint density at radius 2 is 1.83 bits per heavy atom. The van der Waals surface area contributed by atoms with Crippen LogP contribution in [0.25, 0.3) is 11.3 Å². The van der Waals surface area contributed by atoms with Gasteiger partial charge in [-0.3, -0.25) is 9.78 Å². The normalized spacial score (nSPS) is 11.1. The molecule has 7 nitrogen and oxygen atoms in total. The van der Waals surface area contributed by atoms with E-state index < -0.39 is 17.6 Å². The average Bonchev–Trinajstić information content (AvgIpc) is 2.86. The van der Waals surface area contributed by atoms with E-state index >= 15 is 0 Å². The summed E-state index contributed by atoms with van der Waals surface area (Å²) in [6.45, 7) is 3.89. The third kappa shape index (κ3) is 5.77. The van der Waals surface area contributed by atoms with Crippen LogP contribution in [0, 0.1) is 6.92 Å². The molecular weight excluding hydrogens is 469 g/mol. The van der Waals surface area contributed by atoms with Gasteiger partial charge in [0.1, 0.15) is 0 Å². The molecule has 0 aliphatic rings. The second kappa shape index (κ2) is 10.4. The lowest BCUT2D eigenvalue weighted by atomic mass is 10.1. The molecule has 2 aromatic heterocycles. The molecule has 0 radical (unpaired) electrons. The number of nitrogens with one attached hydrogen (secondary N) is 3. The van der Waals surface area contributed by atoms with Crippen molar-refractivity contribution < 1.29 is 18.0 Å². The van der Waals surface area contributed by atoms with E-state index in [2.05, 4.69) is 30.9 Å². The zero-order valence-electron chi connectivity index (χ0n) is 19.5. The molecule has 0 fully saturated rings. The van der Waals surface area contributed by atoms with Gasteiger partial charge in [-0.1, -0.05) is 6.07 Å². The number of benzene rings is 2. The molecule has 0 aliphatic heterocycles. The molecule has 0 aliphatic carbocycles. The highest BCUT2D eigenvalue weighted by molar-refractivity contribution is 6.05. The summed E-state index contributed by atoms with van der Waals surface area (Å²) in [5.74, 6) is -0.224. The smallest absolute Gasteiger partial charge is 0.385 e. The predicted octanol–water partition coefficient (Wildman–Crippen LogP) is 6.29. The monoisotopic (exact) mass is 492 g/mol. The van der Waals surface area contributed by atoms with Crippen LogP contribution in [0.1, 0.15) is 28.4 Å². The quantitative estimate of drug-likeness (QED) is 0.281. The van der Waals surface area contributed by atoms with Crippen molar-refractivity contribution in [2.45, 2.75) is 20.0 Å². The lowest BCUT2D eigenvalue weighted by Crippen LogP contribution is -2.15. The molecular formula is C26H23F3N6O. The van der Waals surface area contributed by atoms with Gasteiger partial charge in [-0.15, -0.1) is 0 Å². The van der Waals surface area contributed by atoms with E-state index in [-0.39, 0.29) is 16.9 Å². The minimum atomic E-state index is -4.57. The molecule has 0 bridgehead atoms. The van der Waals surface area contributed by atoms with Crippen LogP contribution in [0.15, 0.2) is 73.2 Å². The molecule has 2 aromatic carbocycles. The SMILES string of the molecule is CCNc1ccc(NC(=O)c2ccc(C)c(Nc3nccc(-c4cccnc4)n3)c2)cc1C(F)(F)F. The number of carbonyl (C=O) groups excluding carboxylic acids is 1. The number of anilines is 4. The summed E-state index contributed by atoms with van der Waals surface area (Å²) in [7, 11) is 0. The van der Waals surface area contributed by atoms with Crippen LogP contribution in [-0.4, -0.2) is 27.4 Å². The number of aromatic nitrogens is 3. The molecule has 4 rings (SSSR count). The van der Waals surface area contributed by atoms with Gasteiger partial charge in [0.25, 0.3) is 5.91 Å². The Kier molecular flexibility index (Phi) is 7.14. The van der Waals surface area contributed by atoms with Crippen molar-refractivity contribution in [2.24, 2.45) is 0 Å². The van der Waals surface area contributed by atoms with Crippen molar-refractivity contribution in [1.29, 1.82) is 0 Å². The fraction of sp³-hybridized carbons (Fsp3) is 0.154. The number of carbonyl (C=O) groups is 1. The van der Waals surface area contributed by atoms with Gasteiger partial charge >= 0.3 is 6.18 Å². The van der Waals surface area contributed by atoms with Crippen LogP contribution in [0.2, 0.25) is 0 Å². The summed E-state index contributed by atoms with van der Waals surface area (Å²) in [5, 5.41) is 8.35. The first kappa shape index (κ1) is 24.6. The largest absolute Gasteiger partial charge is 0.418 e. The van der Waals surface area contributed by atoms with Gasteiger partial charge in [-0.25, -0.2) is 9.97 Å². The Morgan fingerprint density at radius 1 is 1.00 bits per heavy atom. The van der Waals surface area contributed by atoms with Gasteiger partial charge in [0.05, 0.1) is 11.3 Å². The second-order valence-electron chi connectivity index (χ2n) is 7.90. The van der Waals surface area contributed by atoms with Crippen molar-refractivity contribution in [3.05, 3.63) is 89.9 Å². The molecule has 2 heterocycles. The first-order valence-electron chi connectivity index (χ1n) is 11.1. The number of halogens is 3. The standard InChI is InChI=1S/C26H23F3N6O/c1-3-31-22-9-8-19(14-20(22)26(27,28)29)33-24(36)17-7-6-16(2)23(13-17)35-25-32-12-10-21(34-25)18-5-4-11-30-15-18/h4-15,31H,3H2,1-2H3,(H,33,36)(H,32,34,35). The van der Waals surface area contributed by atoms with E-state index in [1.54, 1.807) is 49.8 Å². The highest BCUT2D eigenvalue weighted by Crippen LogP contribution is 2.36. The van der Waals surface area contributed by atoms with Gasteiger partial charge in [0, 0.05) is 53.3 Å². The fourth-order valence-electron chi connectivity index (χ4n) is 3.52. The Labute approximate surface area is 205 Å². The number of aryl methyl sites for hydroxylation is 1. The first-order chi connectivity index (χ1) is 17.2. The maximum Gasteiger partial charge on any atom is 0.418 e. The van der Waals surface area contributed by atoms with Gasteiger partial charge in [-0.2, -0.15) is 13.2 Å². The number of amides is 1. The Bertz CT molecular complexity index is 1380. The highest BCUT2D eigenvalue weighted by Gasteiger charge is 2.34. The van der Waals surface area contributed by atoms with Crippen LogP contribution in [0.3, 0.4) is 0 Å². The lowest BCUT2D eigenvalue weighted by molar-refractivity contribution is -0.136. The molecule has 4 aromatic rings. The van der Waals surface area contributed by atoms with Gasteiger partial charge in [0.2, 0.25) is 5.95 Å². The zero-order valence-corrected chi connectivity index (χ0v) is 19.5. The number of hydrogen-bond donors (Lipinski definition) is 3. The summed E-state index contributed by atoms with van der Waals surface area (Å²) in [6, 6.07) is 14.0. The van der Waals surface area contributed by atoms with Crippen LogP contribution in [-0.2, 0) is 6.18 Å². The molecule has 10 heteroatoms. The van der Waals surface area contributed by atoms with Gasteiger partial charge in [0.15, 0.2) is 0 Å². The number of pyridine rings is 1. The van der Waals surface area contributed by atoms with E-state index in [4.69, 9.17) is 0 Å². The molecule has 0 saturated heterocycles. The van der Waals surface area contributed by atoms with Crippen molar-refractivity contribution in [3.8, 4) is 11.3 Å². The molecule has 0 saturated carbocycles. The summed E-state index contributed by atoms with van der Waals surface area (Å²) in [6.07, 6.45) is 0.407. The third-order valence-corrected chi connectivity index (χ3v) is 5.31. The van der Waals surface area contributed by atoms with Crippen molar-refractivity contribution in [1.82, 2.24) is 15.0 Å². The molecule has 184 valence electrons. The lowest BCUT2D eigenvalue weighted by Gasteiger charge is -2.16. The van der Waals surface area contributed by atoms with Crippen molar-refractivity contribution >= 4 is 28.9 Å². The molecule has 0 spiro atoms. The number of alkyl halides is 3. The summed E-state index contributed by atoms with van der Waals surface area (Å²) < 4.78 is 40.4. The molecule has 0 atom stereocenters. The maximum atomic E-state index is 13.5. The van der Waals surface area contributed by atoms with Crippen molar-refractivity contribution in [2.75, 3.05) is 22.5 Å². The van der Waals surface area contributed by atoms with E-state index in [0.717, 1.165) is 17.2 Å². The topological polar surface area (TPSA) is 91.8 Å². The third-order valence-electron chi connectivity index (χ3n) is 5.31. The summed E-state index contributed by atoms with van der Waals surface area (Å²) in [5.41, 5.74) is 2.32. The first-order valence-corrected chi connectivity index (χ1v) is 11.1. The van der Waals surface area contributed by atoms with Gasteiger partial charge < -0.3 is 16.0 Å². The van der Waals surface area contributed by atoms with Crippen LogP contribution in [0.4, 0.5) is 36.2 Å². The Hall–Kier alpha value is -4.47. The summed E-state index contributed by atoms with van der Waals surface area (Å²) in [4.78, 5) is 25.7. The molecule has 3 N–H and O–H groups in total. The van der Waals surface area contributed by atoms with Gasteiger partial charge in [-0.05, 0) is 67.9 Å². The molecule has 36 heavy (non-hydrogen) atoms. The zero-order chi connectivity index (χ0) is 25.7. The minimum Gasteiger partial charge on any atom is -0.385 e. The van der Waals surface area contributed by atoms with E-state index in [9.17, 15) is 18.0 Å². The number of rotatable bonds is 7. The predicted molar refractivity (Wildman–Crippen MR) is 133 cm³/mol. The second-order valence-corrected chi connectivity index (χ2v) is 7.90. The van der Waals surface area contributed by atoms with E-state index in [1.165, 1.54) is 12.1 Å². The molecule has 0 unspecified atom stereocenters. The minimum absolute atomic E-state index is 0.0385. The molecule has 1 amide bonds. The highest BCUT2D eigenvalue weighted by atomic mass is 19.4. The average molecular weight is 493 g/mol. The van der Waals surface area contributed by atoms with Crippen LogP contribution in [0.5, 0.6) is 0 Å². The summed E-state index contributed by atoms with van der Waals surface area (Å²) >= 11 is 0. The van der Waals surface area contributed by atoms with Crippen LogP contribution >= 0.6 is 0 Å². The number of hydrogen-bond acceptors (Lipinski definition) is 6. The number of nitrogens with zero attached hydrogens (tertiary/aromatic N) is 3. The fourth-order valence-corrected chi connectivity index (χ4v) is 3.52.